The molecule has 1 aromatic rings. The zero-order valence-corrected chi connectivity index (χ0v) is 10.7. The van der Waals surface area contributed by atoms with Gasteiger partial charge in [0.15, 0.2) is 0 Å². The van der Waals surface area contributed by atoms with E-state index in [4.69, 9.17) is 16.2 Å². The minimum Gasteiger partial charge on any atom is -0.387 e. The molecule has 5 nitrogen and oxygen atoms in total. The minimum atomic E-state index is -4.35. The van der Waals surface area contributed by atoms with E-state index in [1.54, 1.807) is 31.2 Å². The summed E-state index contributed by atoms with van der Waals surface area (Å²) < 4.78 is 32.1. The van der Waals surface area contributed by atoms with Crippen LogP contribution in [0.15, 0.2) is 24.3 Å². The summed E-state index contributed by atoms with van der Waals surface area (Å²) in [5.74, 6) is 0. The lowest BCUT2D eigenvalue weighted by molar-refractivity contribution is 0.135. The SMILES string of the molecule is CC[C@@H](NS(=O)(=O)O)[C@H](O)c1ccccc1Cl. The fourth-order valence-corrected chi connectivity index (χ4v) is 2.42. The van der Waals surface area contributed by atoms with Gasteiger partial charge >= 0.3 is 10.3 Å². The van der Waals surface area contributed by atoms with Crippen molar-refractivity contribution in [1.82, 2.24) is 4.72 Å². The highest BCUT2D eigenvalue weighted by Gasteiger charge is 2.24. The molecule has 17 heavy (non-hydrogen) atoms. The number of halogens is 1. The van der Waals surface area contributed by atoms with Gasteiger partial charge < -0.3 is 5.11 Å². The Balaban J connectivity index is 2.94. The van der Waals surface area contributed by atoms with Gasteiger partial charge in [0.05, 0.1) is 12.1 Å². The molecule has 7 heteroatoms. The van der Waals surface area contributed by atoms with Crippen LogP contribution in [0.25, 0.3) is 0 Å². The number of rotatable bonds is 5. The van der Waals surface area contributed by atoms with E-state index in [1.165, 1.54) is 0 Å². The second-order valence-electron chi connectivity index (χ2n) is 3.57. The molecular formula is C10H14ClNO4S. The molecule has 0 spiro atoms. The molecule has 1 aromatic carbocycles. The average molecular weight is 280 g/mol. The van der Waals surface area contributed by atoms with Crippen molar-refractivity contribution in [3.8, 4) is 0 Å². The van der Waals surface area contributed by atoms with Crippen LogP contribution in [0.2, 0.25) is 5.02 Å². The molecule has 0 radical (unpaired) electrons. The van der Waals surface area contributed by atoms with Crippen LogP contribution in [0.4, 0.5) is 0 Å². The van der Waals surface area contributed by atoms with Crippen LogP contribution in [0.5, 0.6) is 0 Å². The molecule has 0 aliphatic rings. The smallest absolute Gasteiger partial charge is 0.333 e. The maximum absolute atomic E-state index is 10.7. The van der Waals surface area contributed by atoms with Crippen LogP contribution < -0.4 is 4.72 Å². The zero-order valence-electron chi connectivity index (χ0n) is 9.17. The molecule has 3 N–H and O–H groups in total. The van der Waals surface area contributed by atoms with Gasteiger partial charge in [-0.25, -0.2) is 0 Å². The molecular weight excluding hydrogens is 266 g/mol. The summed E-state index contributed by atoms with van der Waals surface area (Å²) in [7, 11) is -4.35. The third kappa shape index (κ3) is 4.25. The standard InChI is InChI=1S/C10H14ClNO4S/c1-2-9(12-17(14,15)16)10(13)7-5-3-4-6-8(7)11/h3-6,9-10,12-13H,2H2,1H3,(H,14,15,16)/t9-,10-/m1/s1. The second-order valence-corrected chi connectivity index (χ2v) is 5.17. The van der Waals surface area contributed by atoms with Gasteiger partial charge in [0.2, 0.25) is 0 Å². The first-order valence-corrected chi connectivity index (χ1v) is 6.84. The highest BCUT2D eigenvalue weighted by molar-refractivity contribution is 7.83. The van der Waals surface area contributed by atoms with Crippen molar-refractivity contribution in [3.63, 3.8) is 0 Å². The maximum atomic E-state index is 10.7. The van der Waals surface area contributed by atoms with Crippen LogP contribution in [0.3, 0.4) is 0 Å². The number of aliphatic hydroxyl groups is 1. The van der Waals surface area contributed by atoms with Crippen LogP contribution in [0.1, 0.15) is 25.0 Å². The Kier molecular flexibility index (Phi) is 4.91. The fraction of sp³-hybridized carbons (Fsp3) is 0.400. The molecule has 0 amide bonds. The Labute approximate surface area is 105 Å². The molecule has 1 rings (SSSR count). The van der Waals surface area contributed by atoms with Gasteiger partial charge in [-0.05, 0) is 12.5 Å². The predicted octanol–water partition coefficient (Wildman–Crippen LogP) is 1.54. The number of aliphatic hydroxyl groups excluding tert-OH is 1. The molecule has 0 heterocycles. The number of hydrogen-bond donors (Lipinski definition) is 3. The van der Waals surface area contributed by atoms with Crippen molar-refractivity contribution in [2.24, 2.45) is 0 Å². The van der Waals surface area contributed by atoms with Gasteiger partial charge in [-0.2, -0.15) is 13.1 Å². The van der Waals surface area contributed by atoms with Crippen LogP contribution in [0, 0.1) is 0 Å². The van der Waals surface area contributed by atoms with E-state index in [2.05, 4.69) is 0 Å². The Morgan fingerprint density at radius 3 is 2.47 bits per heavy atom. The number of hydrogen-bond acceptors (Lipinski definition) is 3. The first-order chi connectivity index (χ1) is 7.85. The molecule has 0 aromatic heterocycles. The summed E-state index contributed by atoms with van der Waals surface area (Å²) >= 11 is 5.89. The van der Waals surface area contributed by atoms with Gasteiger partial charge in [0.25, 0.3) is 0 Å². The molecule has 0 unspecified atom stereocenters. The summed E-state index contributed by atoms with van der Waals surface area (Å²) in [6.07, 6.45) is -0.803. The van der Waals surface area contributed by atoms with E-state index in [-0.39, 0.29) is 0 Å². The number of benzene rings is 1. The highest BCUT2D eigenvalue weighted by atomic mass is 35.5. The van der Waals surface area contributed by atoms with Crippen molar-refractivity contribution in [2.45, 2.75) is 25.5 Å². The highest BCUT2D eigenvalue weighted by Crippen LogP contribution is 2.26. The van der Waals surface area contributed by atoms with Crippen molar-refractivity contribution < 1.29 is 18.1 Å². The topological polar surface area (TPSA) is 86.6 Å². The van der Waals surface area contributed by atoms with Crippen molar-refractivity contribution >= 4 is 21.9 Å². The van der Waals surface area contributed by atoms with Crippen molar-refractivity contribution in [3.05, 3.63) is 34.9 Å². The Hall–Kier alpha value is -0.660. The molecule has 0 aliphatic carbocycles. The molecule has 2 atom stereocenters. The second kappa shape index (κ2) is 5.79. The summed E-state index contributed by atoms with van der Waals surface area (Å²) in [5, 5.41) is 10.3. The van der Waals surface area contributed by atoms with E-state index >= 15 is 0 Å². The molecule has 0 fully saturated rings. The van der Waals surface area contributed by atoms with E-state index in [0.717, 1.165) is 0 Å². The van der Waals surface area contributed by atoms with E-state index in [0.29, 0.717) is 17.0 Å². The normalized spacial score (nSPS) is 15.5. The lowest BCUT2D eigenvalue weighted by Crippen LogP contribution is -2.38. The Morgan fingerprint density at radius 1 is 1.41 bits per heavy atom. The average Bonchev–Trinajstić information content (AvgIpc) is 2.24. The molecule has 0 aliphatic heterocycles. The summed E-state index contributed by atoms with van der Waals surface area (Å²) in [6, 6.07) is 5.76. The summed E-state index contributed by atoms with van der Waals surface area (Å²) in [4.78, 5) is 0. The van der Waals surface area contributed by atoms with Gasteiger partial charge in [-0.3, -0.25) is 4.55 Å². The predicted molar refractivity (Wildman–Crippen MR) is 65.2 cm³/mol. The molecule has 96 valence electrons. The quantitative estimate of drug-likeness (QED) is 0.714. The van der Waals surface area contributed by atoms with Crippen molar-refractivity contribution in [1.29, 1.82) is 0 Å². The van der Waals surface area contributed by atoms with Crippen molar-refractivity contribution in [2.75, 3.05) is 0 Å². The van der Waals surface area contributed by atoms with Gasteiger partial charge in [0.1, 0.15) is 0 Å². The lowest BCUT2D eigenvalue weighted by atomic mass is 10.0. The van der Waals surface area contributed by atoms with E-state index < -0.39 is 22.4 Å². The molecule has 0 bridgehead atoms. The summed E-state index contributed by atoms with van der Waals surface area (Å²) in [5.41, 5.74) is 0.414. The fourth-order valence-electron chi connectivity index (χ4n) is 1.49. The van der Waals surface area contributed by atoms with E-state index in [1.807, 2.05) is 4.72 Å². The number of nitrogens with one attached hydrogen (secondary N) is 1. The largest absolute Gasteiger partial charge is 0.387 e. The first-order valence-electron chi connectivity index (χ1n) is 5.02. The van der Waals surface area contributed by atoms with E-state index in [9.17, 15) is 13.5 Å². The summed E-state index contributed by atoms with van der Waals surface area (Å²) in [6.45, 7) is 1.68. The Morgan fingerprint density at radius 2 is 2.00 bits per heavy atom. The Bertz CT molecular complexity index is 477. The zero-order chi connectivity index (χ0) is 13.1. The van der Waals surface area contributed by atoms with Crippen LogP contribution in [-0.4, -0.2) is 24.1 Å². The van der Waals surface area contributed by atoms with Crippen LogP contribution in [-0.2, 0) is 10.3 Å². The van der Waals surface area contributed by atoms with Crippen LogP contribution >= 0.6 is 11.6 Å². The minimum absolute atomic E-state index is 0.312. The van der Waals surface area contributed by atoms with Gasteiger partial charge in [-0.15, -0.1) is 0 Å². The molecule has 0 saturated heterocycles. The third-order valence-corrected chi connectivity index (χ3v) is 3.29. The van der Waals surface area contributed by atoms with Gasteiger partial charge in [-0.1, -0.05) is 36.7 Å². The molecule has 0 saturated carbocycles. The lowest BCUT2D eigenvalue weighted by Gasteiger charge is -2.22. The monoisotopic (exact) mass is 279 g/mol. The first kappa shape index (κ1) is 14.4. The maximum Gasteiger partial charge on any atom is 0.333 e. The third-order valence-electron chi connectivity index (χ3n) is 2.35. The van der Waals surface area contributed by atoms with Gasteiger partial charge in [0, 0.05) is 10.6 Å².